The minimum atomic E-state index is -0.0905. The number of piperidine rings is 1. The van der Waals surface area contributed by atoms with Gasteiger partial charge in [-0.1, -0.05) is 0 Å². The van der Waals surface area contributed by atoms with Crippen LogP contribution in [0.1, 0.15) is 37.3 Å². The van der Waals surface area contributed by atoms with Crippen LogP contribution in [0.5, 0.6) is 0 Å². The molecule has 2 fully saturated rings. The number of thiophene rings is 1. The first kappa shape index (κ1) is 16.6. The molecule has 1 saturated heterocycles. The van der Waals surface area contributed by atoms with E-state index in [2.05, 4.69) is 36.4 Å². The van der Waals surface area contributed by atoms with Crippen molar-refractivity contribution in [3.05, 3.63) is 35.6 Å². The van der Waals surface area contributed by atoms with Crippen LogP contribution in [0, 0.1) is 5.92 Å². The molecule has 7 nitrogen and oxygen atoms in total. The quantitative estimate of drug-likeness (QED) is 0.748. The van der Waals surface area contributed by atoms with Crippen LogP contribution in [0.15, 0.2) is 29.9 Å². The second kappa shape index (κ2) is 6.84. The van der Waals surface area contributed by atoms with E-state index in [4.69, 9.17) is 0 Å². The summed E-state index contributed by atoms with van der Waals surface area (Å²) in [5.74, 6) is 1.93. The van der Waals surface area contributed by atoms with Crippen LogP contribution in [-0.2, 0) is 4.79 Å². The molecule has 4 heterocycles. The third kappa shape index (κ3) is 3.37. The molecule has 1 atom stereocenters. The standard InChI is InChI=1S/C19H20N6OS/c26-18(22-16-6-5-15(23-24-16)12-3-4-12)13-2-1-8-25(10-13)17-14-7-9-27-19(14)21-11-20-17/h5-7,9,11-13H,1-4,8,10H2,(H,22,24,26). The Hall–Kier alpha value is -2.61. The minimum Gasteiger partial charge on any atom is -0.355 e. The van der Waals surface area contributed by atoms with Crippen molar-refractivity contribution in [2.45, 2.75) is 31.6 Å². The molecule has 3 aromatic heterocycles. The van der Waals surface area contributed by atoms with Gasteiger partial charge < -0.3 is 10.2 Å². The molecule has 3 aromatic rings. The van der Waals surface area contributed by atoms with Gasteiger partial charge in [-0.3, -0.25) is 4.79 Å². The summed E-state index contributed by atoms with van der Waals surface area (Å²) >= 11 is 1.61. The largest absolute Gasteiger partial charge is 0.355 e. The second-order valence-electron chi connectivity index (χ2n) is 7.23. The number of fused-ring (bicyclic) bond motifs is 1. The number of anilines is 2. The second-order valence-corrected chi connectivity index (χ2v) is 8.12. The molecule has 0 spiro atoms. The van der Waals surface area contributed by atoms with Gasteiger partial charge in [0.15, 0.2) is 5.82 Å². The van der Waals surface area contributed by atoms with Crippen molar-refractivity contribution >= 4 is 39.1 Å². The molecule has 0 radical (unpaired) electrons. The summed E-state index contributed by atoms with van der Waals surface area (Å²) in [5, 5.41) is 14.4. The van der Waals surface area contributed by atoms with Crippen LogP contribution in [0.3, 0.4) is 0 Å². The average molecular weight is 380 g/mol. The molecule has 1 aliphatic heterocycles. The molecule has 0 aromatic carbocycles. The normalized spacial score (nSPS) is 20.0. The minimum absolute atomic E-state index is 0.00351. The molecule has 2 aliphatic rings. The zero-order chi connectivity index (χ0) is 18.2. The summed E-state index contributed by atoms with van der Waals surface area (Å²) < 4.78 is 0. The van der Waals surface area contributed by atoms with Crippen molar-refractivity contribution in [1.29, 1.82) is 0 Å². The molecule has 1 saturated carbocycles. The number of nitrogens with zero attached hydrogens (tertiary/aromatic N) is 5. The molecule has 8 heteroatoms. The van der Waals surface area contributed by atoms with Gasteiger partial charge >= 0.3 is 0 Å². The van der Waals surface area contributed by atoms with Crippen molar-refractivity contribution < 1.29 is 4.79 Å². The lowest BCUT2D eigenvalue weighted by Gasteiger charge is -2.33. The zero-order valence-corrected chi connectivity index (χ0v) is 15.7. The van der Waals surface area contributed by atoms with E-state index < -0.39 is 0 Å². The van der Waals surface area contributed by atoms with Gasteiger partial charge in [-0.05, 0) is 49.3 Å². The number of carbonyl (C=O) groups excluding carboxylic acids is 1. The van der Waals surface area contributed by atoms with E-state index in [1.54, 1.807) is 17.7 Å². The smallest absolute Gasteiger partial charge is 0.230 e. The van der Waals surface area contributed by atoms with Gasteiger partial charge in [-0.15, -0.1) is 16.4 Å². The van der Waals surface area contributed by atoms with Gasteiger partial charge in [0.1, 0.15) is 17.0 Å². The molecular formula is C19H20N6OS. The molecule has 1 N–H and O–H groups in total. The summed E-state index contributed by atoms with van der Waals surface area (Å²) in [6, 6.07) is 5.89. The Labute approximate surface area is 160 Å². The number of amides is 1. The molecule has 1 amide bonds. The Morgan fingerprint density at radius 2 is 2.07 bits per heavy atom. The maximum absolute atomic E-state index is 12.8. The van der Waals surface area contributed by atoms with Crippen LogP contribution in [0.4, 0.5) is 11.6 Å². The van der Waals surface area contributed by atoms with E-state index in [1.807, 2.05) is 17.5 Å². The lowest BCUT2D eigenvalue weighted by Crippen LogP contribution is -2.41. The average Bonchev–Trinajstić information content (AvgIpc) is 3.45. The zero-order valence-electron chi connectivity index (χ0n) is 14.8. The SMILES string of the molecule is O=C(Nc1ccc(C2CC2)nn1)C1CCCN(c2ncnc3sccc23)C1. The van der Waals surface area contributed by atoms with E-state index in [1.165, 1.54) is 12.8 Å². The molecule has 1 unspecified atom stereocenters. The Bertz CT molecular complexity index is 968. The predicted molar refractivity (Wildman–Crippen MR) is 105 cm³/mol. The van der Waals surface area contributed by atoms with Gasteiger partial charge in [0.25, 0.3) is 0 Å². The fourth-order valence-electron chi connectivity index (χ4n) is 3.65. The van der Waals surface area contributed by atoms with E-state index in [9.17, 15) is 4.79 Å². The van der Waals surface area contributed by atoms with Crippen LogP contribution in [0.25, 0.3) is 10.2 Å². The number of rotatable bonds is 4. The van der Waals surface area contributed by atoms with Gasteiger partial charge in [-0.2, -0.15) is 5.10 Å². The van der Waals surface area contributed by atoms with E-state index in [0.717, 1.165) is 41.1 Å². The summed E-state index contributed by atoms with van der Waals surface area (Å²) in [6.45, 7) is 1.56. The van der Waals surface area contributed by atoms with Crippen LogP contribution >= 0.6 is 11.3 Å². The van der Waals surface area contributed by atoms with Gasteiger partial charge in [0.2, 0.25) is 5.91 Å². The molecule has 5 rings (SSSR count). The van der Waals surface area contributed by atoms with Gasteiger partial charge in [0, 0.05) is 19.0 Å². The number of hydrogen-bond donors (Lipinski definition) is 1. The Kier molecular flexibility index (Phi) is 4.20. The van der Waals surface area contributed by atoms with Crippen LogP contribution < -0.4 is 10.2 Å². The first-order chi connectivity index (χ1) is 13.3. The highest BCUT2D eigenvalue weighted by atomic mass is 32.1. The molecule has 0 bridgehead atoms. The van der Waals surface area contributed by atoms with E-state index >= 15 is 0 Å². The maximum Gasteiger partial charge on any atom is 0.230 e. The Balaban J connectivity index is 1.28. The van der Waals surface area contributed by atoms with Crippen LogP contribution in [-0.4, -0.2) is 39.2 Å². The number of aromatic nitrogens is 4. The fourth-order valence-corrected chi connectivity index (χ4v) is 4.37. The van der Waals surface area contributed by atoms with Crippen molar-refractivity contribution in [1.82, 2.24) is 20.2 Å². The highest BCUT2D eigenvalue weighted by Crippen LogP contribution is 2.38. The number of nitrogens with one attached hydrogen (secondary N) is 1. The van der Waals surface area contributed by atoms with Crippen molar-refractivity contribution in [3.63, 3.8) is 0 Å². The summed E-state index contributed by atoms with van der Waals surface area (Å²) in [5.41, 5.74) is 1.03. The Morgan fingerprint density at radius 1 is 1.15 bits per heavy atom. The molecule has 27 heavy (non-hydrogen) atoms. The monoisotopic (exact) mass is 380 g/mol. The predicted octanol–water partition coefficient (Wildman–Crippen LogP) is 3.21. The number of carbonyl (C=O) groups is 1. The maximum atomic E-state index is 12.8. The first-order valence-corrected chi connectivity index (χ1v) is 10.2. The summed E-state index contributed by atoms with van der Waals surface area (Å²) in [6.07, 6.45) is 5.82. The molecule has 138 valence electrons. The summed E-state index contributed by atoms with van der Waals surface area (Å²) in [4.78, 5) is 24.7. The Morgan fingerprint density at radius 3 is 2.89 bits per heavy atom. The lowest BCUT2D eigenvalue weighted by atomic mass is 9.97. The molecular weight excluding hydrogens is 360 g/mol. The molecule has 1 aliphatic carbocycles. The third-order valence-corrected chi connectivity index (χ3v) is 6.09. The van der Waals surface area contributed by atoms with Crippen molar-refractivity contribution in [2.75, 3.05) is 23.3 Å². The lowest BCUT2D eigenvalue weighted by molar-refractivity contribution is -0.120. The topological polar surface area (TPSA) is 83.9 Å². The highest BCUT2D eigenvalue weighted by molar-refractivity contribution is 7.16. The fraction of sp³-hybridized carbons (Fsp3) is 0.421. The van der Waals surface area contributed by atoms with E-state index in [0.29, 0.717) is 18.3 Å². The number of hydrogen-bond acceptors (Lipinski definition) is 7. The first-order valence-electron chi connectivity index (χ1n) is 9.35. The van der Waals surface area contributed by atoms with Gasteiger partial charge in [0.05, 0.1) is 17.0 Å². The van der Waals surface area contributed by atoms with Crippen molar-refractivity contribution in [3.8, 4) is 0 Å². The summed E-state index contributed by atoms with van der Waals surface area (Å²) in [7, 11) is 0. The van der Waals surface area contributed by atoms with Gasteiger partial charge in [-0.25, -0.2) is 9.97 Å². The highest BCUT2D eigenvalue weighted by Gasteiger charge is 2.28. The van der Waals surface area contributed by atoms with Crippen molar-refractivity contribution in [2.24, 2.45) is 5.92 Å². The van der Waals surface area contributed by atoms with E-state index in [-0.39, 0.29) is 11.8 Å². The third-order valence-electron chi connectivity index (χ3n) is 5.26. The van der Waals surface area contributed by atoms with Crippen LogP contribution in [0.2, 0.25) is 0 Å².